The SMILES string of the molecule is CCCCNC(=O)C(C)N(Cc1c(Cl)cccc1Cl)C(=O)CN(c1cccc(OC)c1)S(=O)(=O)c1ccc(C)cc1. The number of unbranched alkanes of at least 4 members (excludes halogenated alkanes) is 1. The monoisotopic (exact) mass is 619 g/mol. The topological polar surface area (TPSA) is 96.0 Å². The van der Waals surface area contributed by atoms with Gasteiger partial charge in [0, 0.05) is 34.8 Å². The summed E-state index contributed by atoms with van der Waals surface area (Å²) in [5.41, 5.74) is 1.57. The fraction of sp³-hybridized carbons (Fsp3) is 0.333. The van der Waals surface area contributed by atoms with Crippen LogP contribution in [0.25, 0.3) is 0 Å². The van der Waals surface area contributed by atoms with E-state index in [1.807, 2.05) is 13.8 Å². The van der Waals surface area contributed by atoms with Crippen LogP contribution in [0.15, 0.2) is 71.6 Å². The Morgan fingerprint density at radius 3 is 2.24 bits per heavy atom. The third kappa shape index (κ3) is 8.15. The molecule has 2 amide bonds. The number of hydrogen-bond acceptors (Lipinski definition) is 5. The quantitative estimate of drug-likeness (QED) is 0.243. The maximum Gasteiger partial charge on any atom is 0.264 e. The van der Waals surface area contributed by atoms with Gasteiger partial charge in [-0.3, -0.25) is 13.9 Å². The van der Waals surface area contributed by atoms with Crippen LogP contribution in [0.3, 0.4) is 0 Å². The average Bonchev–Trinajstić information content (AvgIpc) is 2.95. The first-order valence-electron chi connectivity index (χ1n) is 13.2. The van der Waals surface area contributed by atoms with Crippen LogP contribution in [0.5, 0.6) is 5.75 Å². The van der Waals surface area contributed by atoms with Gasteiger partial charge < -0.3 is 15.0 Å². The third-order valence-electron chi connectivity index (χ3n) is 6.62. The summed E-state index contributed by atoms with van der Waals surface area (Å²) < 4.78 is 34.2. The second-order valence-corrected chi connectivity index (χ2v) is 12.2. The van der Waals surface area contributed by atoms with Gasteiger partial charge in [-0.2, -0.15) is 0 Å². The molecule has 0 heterocycles. The average molecular weight is 621 g/mol. The Kier molecular flexibility index (Phi) is 11.5. The molecular weight excluding hydrogens is 585 g/mol. The molecule has 0 aliphatic heterocycles. The third-order valence-corrected chi connectivity index (χ3v) is 9.11. The zero-order chi connectivity index (χ0) is 30.2. The van der Waals surface area contributed by atoms with Crippen molar-refractivity contribution in [2.45, 2.75) is 51.1 Å². The minimum absolute atomic E-state index is 0.0183. The predicted molar refractivity (Wildman–Crippen MR) is 163 cm³/mol. The Morgan fingerprint density at radius 2 is 1.63 bits per heavy atom. The van der Waals surface area contributed by atoms with E-state index in [0.717, 1.165) is 22.7 Å². The second-order valence-electron chi connectivity index (χ2n) is 9.57. The Hall–Kier alpha value is -3.27. The van der Waals surface area contributed by atoms with Crippen LogP contribution in [0, 0.1) is 6.92 Å². The summed E-state index contributed by atoms with van der Waals surface area (Å²) in [6.45, 7) is 5.21. The molecule has 0 aliphatic rings. The number of ether oxygens (including phenoxy) is 1. The largest absolute Gasteiger partial charge is 0.497 e. The number of methoxy groups -OCH3 is 1. The summed E-state index contributed by atoms with van der Waals surface area (Å²) in [6.07, 6.45) is 1.67. The van der Waals surface area contributed by atoms with E-state index in [9.17, 15) is 18.0 Å². The van der Waals surface area contributed by atoms with E-state index in [-0.39, 0.29) is 23.0 Å². The molecule has 0 radical (unpaired) electrons. The zero-order valence-electron chi connectivity index (χ0n) is 23.6. The summed E-state index contributed by atoms with van der Waals surface area (Å²) >= 11 is 12.8. The van der Waals surface area contributed by atoms with Crippen molar-refractivity contribution in [2.75, 3.05) is 24.5 Å². The first-order chi connectivity index (χ1) is 19.5. The fourth-order valence-electron chi connectivity index (χ4n) is 4.10. The number of benzene rings is 3. The Labute approximate surface area is 252 Å². The molecule has 41 heavy (non-hydrogen) atoms. The van der Waals surface area contributed by atoms with Gasteiger partial charge in [0.05, 0.1) is 17.7 Å². The smallest absolute Gasteiger partial charge is 0.264 e. The van der Waals surface area contributed by atoms with Crippen molar-refractivity contribution in [1.29, 1.82) is 0 Å². The van der Waals surface area contributed by atoms with Gasteiger partial charge in [-0.1, -0.05) is 66.4 Å². The van der Waals surface area contributed by atoms with E-state index < -0.39 is 28.5 Å². The summed E-state index contributed by atoms with van der Waals surface area (Å²) in [5, 5.41) is 3.50. The molecule has 0 saturated carbocycles. The van der Waals surface area contributed by atoms with Crippen LogP contribution in [-0.2, 0) is 26.2 Å². The number of amides is 2. The van der Waals surface area contributed by atoms with E-state index in [4.69, 9.17) is 27.9 Å². The summed E-state index contributed by atoms with van der Waals surface area (Å²) in [7, 11) is -2.73. The molecule has 1 atom stereocenters. The molecule has 3 aromatic rings. The number of anilines is 1. The number of nitrogens with one attached hydrogen (secondary N) is 1. The molecule has 11 heteroatoms. The maximum absolute atomic E-state index is 14.0. The van der Waals surface area contributed by atoms with Crippen molar-refractivity contribution in [3.63, 3.8) is 0 Å². The maximum atomic E-state index is 14.0. The van der Waals surface area contributed by atoms with Crippen molar-refractivity contribution < 1.29 is 22.7 Å². The standard InChI is InChI=1S/C30H35Cl2N3O5S/c1-5-6-17-33-30(37)22(3)34(19-26-27(31)11-8-12-28(26)32)29(36)20-35(23-9-7-10-24(18-23)40-4)41(38,39)25-15-13-21(2)14-16-25/h7-16,18,22H,5-6,17,19-20H2,1-4H3,(H,33,37). The lowest BCUT2D eigenvalue weighted by molar-refractivity contribution is -0.139. The van der Waals surface area contributed by atoms with E-state index in [0.29, 0.717) is 27.9 Å². The second kappa shape index (κ2) is 14.6. The molecule has 0 aliphatic carbocycles. The lowest BCUT2D eigenvalue weighted by atomic mass is 10.1. The van der Waals surface area contributed by atoms with Gasteiger partial charge in [-0.25, -0.2) is 8.42 Å². The van der Waals surface area contributed by atoms with E-state index >= 15 is 0 Å². The van der Waals surface area contributed by atoms with Crippen LogP contribution in [-0.4, -0.2) is 51.4 Å². The minimum atomic E-state index is -4.20. The van der Waals surface area contributed by atoms with Crippen LogP contribution >= 0.6 is 23.2 Å². The lowest BCUT2D eigenvalue weighted by Crippen LogP contribution is -2.51. The number of carbonyl (C=O) groups is 2. The molecule has 3 aromatic carbocycles. The van der Waals surface area contributed by atoms with E-state index in [1.54, 1.807) is 55.5 Å². The minimum Gasteiger partial charge on any atom is -0.497 e. The van der Waals surface area contributed by atoms with E-state index in [1.165, 1.54) is 30.2 Å². The normalized spacial score (nSPS) is 12.0. The Morgan fingerprint density at radius 1 is 1.00 bits per heavy atom. The number of carbonyl (C=O) groups excluding carboxylic acids is 2. The van der Waals surface area contributed by atoms with Gasteiger partial charge in [0.1, 0.15) is 18.3 Å². The number of hydrogen-bond donors (Lipinski definition) is 1. The summed E-state index contributed by atoms with van der Waals surface area (Å²) in [6, 6.07) is 16.8. The van der Waals surface area contributed by atoms with Gasteiger partial charge in [0.2, 0.25) is 11.8 Å². The van der Waals surface area contributed by atoms with E-state index in [2.05, 4.69) is 5.32 Å². The summed E-state index contributed by atoms with van der Waals surface area (Å²) in [5.74, 6) is -0.565. The van der Waals surface area contributed by atoms with Crippen molar-refractivity contribution in [2.24, 2.45) is 0 Å². The van der Waals surface area contributed by atoms with Gasteiger partial charge in [-0.05, 0) is 56.7 Å². The van der Waals surface area contributed by atoms with Crippen LogP contribution in [0.2, 0.25) is 10.0 Å². The molecule has 220 valence electrons. The van der Waals surface area contributed by atoms with Gasteiger partial charge in [-0.15, -0.1) is 0 Å². The summed E-state index contributed by atoms with van der Waals surface area (Å²) in [4.78, 5) is 28.4. The predicted octanol–water partition coefficient (Wildman–Crippen LogP) is 5.84. The first-order valence-corrected chi connectivity index (χ1v) is 15.4. The molecule has 1 unspecified atom stereocenters. The molecule has 1 N–H and O–H groups in total. The Balaban J connectivity index is 2.06. The van der Waals surface area contributed by atoms with Crippen molar-refractivity contribution in [3.8, 4) is 5.75 Å². The number of rotatable bonds is 13. The highest BCUT2D eigenvalue weighted by Gasteiger charge is 2.33. The molecule has 0 bridgehead atoms. The molecule has 0 aromatic heterocycles. The van der Waals surface area contributed by atoms with Crippen LogP contribution in [0.4, 0.5) is 5.69 Å². The number of sulfonamides is 1. The highest BCUT2D eigenvalue weighted by Crippen LogP contribution is 2.29. The van der Waals surface area contributed by atoms with Crippen LogP contribution in [0.1, 0.15) is 37.8 Å². The molecular formula is C30H35Cl2N3O5S. The van der Waals surface area contributed by atoms with Crippen molar-refractivity contribution in [3.05, 3.63) is 87.9 Å². The molecule has 0 saturated heterocycles. The molecule has 8 nitrogen and oxygen atoms in total. The van der Waals surface area contributed by atoms with Gasteiger partial charge in [0.25, 0.3) is 10.0 Å². The molecule has 3 rings (SSSR count). The number of nitrogens with zero attached hydrogens (tertiary/aromatic N) is 2. The number of halogens is 2. The highest BCUT2D eigenvalue weighted by atomic mass is 35.5. The van der Waals surface area contributed by atoms with Crippen LogP contribution < -0.4 is 14.4 Å². The Bertz CT molecular complexity index is 1440. The number of aryl methyl sites for hydroxylation is 1. The lowest BCUT2D eigenvalue weighted by Gasteiger charge is -2.32. The van der Waals surface area contributed by atoms with Gasteiger partial charge in [0.15, 0.2) is 0 Å². The molecule has 0 fully saturated rings. The molecule has 0 spiro atoms. The van der Waals surface area contributed by atoms with Gasteiger partial charge >= 0.3 is 0 Å². The zero-order valence-corrected chi connectivity index (χ0v) is 25.9. The van der Waals surface area contributed by atoms with Crippen molar-refractivity contribution >= 4 is 50.7 Å². The fourth-order valence-corrected chi connectivity index (χ4v) is 6.03. The van der Waals surface area contributed by atoms with Crippen molar-refractivity contribution in [1.82, 2.24) is 10.2 Å². The first kappa shape index (κ1) is 32.2. The highest BCUT2D eigenvalue weighted by molar-refractivity contribution is 7.92.